The topological polar surface area (TPSA) is 53.5 Å². The van der Waals surface area contributed by atoms with Crippen LogP contribution in [0.15, 0.2) is 59.6 Å². The summed E-state index contributed by atoms with van der Waals surface area (Å²) in [5, 5.41) is 1.13. The van der Waals surface area contributed by atoms with Crippen LogP contribution in [0.3, 0.4) is 0 Å². The predicted molar refractivity (Wildman–Crippen MR) is 116 cm³/mol. The van der Waals surface area contributed by atoms with Gasteiger partial charge in [0.1, 0.15) is 0 Å². The zero-order chi connectivity index (χ0) is 22.7. The fourth-order valence-corrected chi connectivity index (χ4v) is 5.30. The van der Waals surface area contributed by atoms with Crippen molar-refractivity contribution in [1.29, 1.82) is 0 Å². The normalized spacial score (nSPS) is 18.6. The van der Waals surface area contributed by atoms with Crippen LogP contribution in [-0.2, 0) is 16.4 Å². The second-order valence-electron chi connectivity index (χ2n) is 8.64. The van der Waals surface area contributed by atoms with E-state index < -0.39 is 20.2 Å². The zero-order valence-corrected chi connectivity index (χ0v) is 18.2. The number of aryl methyl sites for hydroxylation is 1. The molecule has 0 N–H and O–H groups in total. The van der Waals surface area contributed by atoms with Gasteiger partial charge in [0, 0.05) is 35.9 Å². The number of hydrogen-bond acceptors (Lipinski definition) is 5. The van der Waals surface area contributed by atoms with Gasteiger partial charge < -0.3 is 4.90 Å². The molecule has 0 amide bonds. The van der Waals surface area contributed by atoms with E-state index in [4.69, 9.17) is 0 Å². The van der Waals surface area contributed by atoms with Gasteiger partial charge in [0.15, 0.2) is 0 Å². The molecule has 2 fully saturated rings. The lowest BCUT2D eigenvalue weighted by molar-refractivity contribution is -0.0436. The maximum absolute atomic E-state index is 12.8. The Hall–Kier alpha value is -2.65. The molecule has 2 heterocycles. The highest BCUT2D eigenvalue weighted by Crippen LogP contribution is 2.48. The van der Waals surface area contributed by atoms with Crippen molar-refractivity contribution in [3.05, 3.63) is 65.9 Å². The van der Waals surface area contributed by atoms with Crippen LogP contribution in [0.1, 0.15) is 24.0 Å². The van der Waals surface area contributed by atoms with Crippen molar-refractivity contribution in [2.75, 3.05) is 18.1 Å². The quantitative estimate of drug-likeness (QED) is 0.566. The van der Waals surface area contributed by atoms with Crippen molar-refractivity contribution >= 4 is 26.4 Å². The molecule has 32 heavy (non-hydrogen) atoms. The van der Waals surface area contributed by atoms with E-state index >= 15 is 0 Å². The number of para-hydroxylation sites is 1. The first-order valence-electron chi connectivity index (χ1n) is 10.4. The Morgan fingerprint density at radius 1 is 1.06 bits per heavy atom. The summed E-state index contributed by atoms with van der Waals surface area (Å²) in [5.41, 5.74) is -1.22. The Bertz CT molecular complexity index is 1290. The lowest BCUT2D eigenvalue weighted by Gasteiger charge is -2.24. The molecule has 0 radical (unpaired) electrons. The van der Waals surface area contributed by atoms with Gasteiger partial charge in [-0.2, -0.15) is 13.2 Å². The smallest absolute Gasteiger partial charge is 0.357 e. The number of rotatable bonds is 4. The molecule has 0 unspecified atom stereocenters. The maximum Gasteiger partial charge on any atom is 0.501 e. The minimum atomic E-state index is -5.34. The second-order valence-corrected chi connectivity index (χ2v) is 10.6. The molecule has 1 aliphatic heterocycles. The van der Waals surface area contributed by atoms with Crippen LogP contribution in [0.25, 0.3) is 10.9 Å². The standard InChI is InChI=1S/C23H22F3N3O2S/c1-16-12-27-21-5-3-2-4-19(21)20(16)13-29-15-28(14-22(29)10-11-22)17-6-8-18(9-7-17)32(30,31)23(24,25)26/h2-9,12H,10-11,13-15H2,1H3. The fraction of sp³-hybridized carbons (Fsp3) is 0.348. The number of nitrogens with zero attached hydrogens (tertiary/aromatic N) is 3. The average molecular weight is 462 g/mol. The van der Waals surface area contributed by atoms with E-state index in [1.807, 2.05) is 24.4 Å². The predicted octanol–water partition coefficient (Wildman–Crippen LogP) is 4.65. The summed E-state index contributed by atoms with van der Waals surface area (Å²) >= 11 is 0. The number of sulfone groups is 1. The Morgan fingerprint density at radius 3 is 2.41 bits per heavy atom. The minimum absolute atomic E-state index is 0.0491. The van der Waals surface area contributed by atoms with Crippen LogP contribution >= 0.6 is 0 Å². The molecule has 2 aliphatic rings. The molecule has 5 rings (SSSR count). The molecule has 1 aliphatic carbocycles. The largest absolute Gasteiger partial charge is 0.501 e. The fourth-order valence-electron chi connectivity index (χ4n) is 4.54. The molecule has 1 spiro atoms. The highest BCUT2D eigenvalue weighted by atomic mass is 32.2. The highest BCUT2D eigenvalue weighted by molar-refractivity contribution is 7.92. The molecule has 9 heteroatoms. The SMILES string of the molecule is Cc1cnc2ccccc2c1CN1CN(c2ccc(S(=O)(=O)C(F)(F)F)cc2)CC12CC2. The third kappa shape index (κ3) is 3.44. The summed E-state index contributed by atoms with van der Waals surface area (Å²) in [4.78, 5) is 8.31. The van der Waals surface area contributed by atoms with Crippen LogP contribution < -0.4 is 4.90 Å². The number of pyridine rings is 1. The molecule has 2 aromatic carbocycles. The van der Waals surface area contributed by atoms with Gasteiger partial charge in [-0.3, -0.25) is 9.88 Å². The van der Waals surface area contributed by atoms with Gasteiger partial charge in [-0.15, -0.1) is 0 Å². The van der Waals surface area contributed by atoms with Crippen LogP contribution in [0, 0.1) is 6.92 Å². The summed E-state index contributed by atoms with van der Waals surface area (Å²) in [6.45, 7) is 4.20. The molecular weight excluding hydrogens is 439 g/mol. The molecule has 5 nitrogen and oxygen atoms in total. The van der Waals surface area contributed by atoms with Gasteiger partial charge in [0.2, 0.25) is 0 Å². The molecule has 1 saturated carbocycles. The summed E-state index contributed by atoms with van der Waals surface area (Å²) in [6.07, 6.45) is 4.02. The summed E-state index contributed by atoms with van der Waals surface area (Å²) < 4.78 is 61.8. The van der Waals surface area contributed by atoms with Crippen molar-refractivity contribution in [3.63, 3.8) is 0 Å². The van der Waals surface area contributed by atoms with Gasteiger partial charge in [-0.1, -0.05) is 18.2 Å². The number of anilines is 1. The number of halogens is 3. The van der Waals surface area contributed by atoms with Crippen LogP contribution in [0.5, 0.6) is 0 Å². The van der Waals surface area contributed by atoms with Gasteiger partial charge in [-0.25, -0.2) is 8.42 Å². The Balaban J connectivity index is 1.40. The zero-order valence-electron chi connectivity index (χ0n) is 17.4. The molecule has 1 saturated heterocycles. The first kappa shape index (κ1) is 21.2. The third-order valence-electron chi connectivity index (χ3n) is 6.59. The monoisotopic (exact) mass is 461 g/mol. The van der Waals surface area contributed by atoms with Gasteiger partial charge in [-0.05, 0) is 61.2 Å². The Labute approximate surface area is 184 Å². The van der Waals surface area contributed by atoms with E-state index in [9.17, 15) is 21.6 Å². The number of aromatic nitrogens is 1. The van der Waals surface area contributed by atoms with Crippen LogP contribution in [-0.4, -0.2) is 42.6 Å². The maximum atomic E-state index is 12.8. The molecule has 0 bridgehead atoms. The first-order chi connectivity index (χ1) is 15.1. The van der Waals surface area contributed by atoms with Gasteiger partial charge in [0.05, 0.1) is 17.1 Å². The first-order valence-corrected chi connectivity index (χ1v) is 11.8. The lowest BCUT2D eigenvalue weighted by Crippen LogP contribution is -2.32. The van der Waals surface area contributed by atoms with Crippen molar-refractivity contribution in [2.24, 2.45) is 0 Å². The van der Waals surface area contributed by atoms with E-state index in [0.717, 1.165) is 60.2 Å². The van der Waals surface area contributed by atoms with E-state index in [-0.39, 0.29) is 5.54 Å². The van der Waals surface area contributed by atoms with Crippen molar-refractivity contribution < 1.29 is 21.6 Å². The Kier molecular flexibility index (Phi) is 4.76. The Morgan fingerprint density at radius 2 is 1.75 bits per heavy atom. The van der Waals surface area contributed by atoms with Crippen molar-refractivity contribution in [2.45, 2.75) is 42.3 Å². The number of benzene rings is 2. The molecule has 168 valence electrons. The third-order valence-corrected chi connectivity index (χ3v) is 8.10. The molecule has 0 atom stereocenters. The minimum Gasteiger partial charge on any atom is -0.357 e. The van der Waals surface area contributed by atoms with Crippen LogP contribution in [0.4, 0.5) is 18.9 Å². The number of alkyl halides is 3. The summed E-state index contributed by atoms with van der Waals surface area (Å²) in [5.74, 6) is 0. The number of fused-ring (bicyclic) bond motifs is 1. The van der Waals surface area contributed by atoms with E-state index in [2.05, 4.69) is 27.8 Å². The van der Waals surface area contributed by atoms with E-state index in [0.29, 0.717) is 6.67 Å². The van der Waals surface area contributed by atoms with Crippen LogP contribution in [0.2, 0.25) is 0 Å². The highest BCUT2D eigenvalue weighted by Gasteiger charge is 2.53. The molecule has 1 aromatic heterocycles. The van der Waals surface area contributed by atoms with E-state index in [1.54, 1.807) is 0 Å². The summed E-state index contributed by atoms with van der Waals surface area (Å²) in [7, 11) is -5.34. The van der Waals surface area contributed by atoms with Gasteiger partial charge >= 0.3 is 5.51 Å². The van der Waals surface area contributed by atoms with E-state index in [1.165, 1.54) is 17.7 Å². The molecular formula is C23H22F3N3O2S. The molecule has 3 aromatic rings. The lowest BCUT2D eigenvalue weighted by atomic mass is 10.0. The second kappa shape index (κ2) is 7.18. The summed E-state index contributed by atoms with van der Waals surface area (Å²) in [6, 6.07) is 13.1. The average Bonchev–Trinajstić information content (AvgIpc) is 3.45. The van der Waals surface area contributed by atoms with Gasteiger partial charge in [0.25, 0.3) is 9.84 Å². The number of hydrogen-bond donors (Lipinski definition) is 0. The van der Waals surface area contributed by atoms with Crippen molar-refractivity contribution in [3.8, 4) is 0 Å². The van der Waals surface area contributed by atoms with Crippen molar-refractivity contribution in [1.82, 2.24) is 9.88 Å².